The first-order chi connectivity index (χ1) is 13.1. The van der Waals surface area contributed by atoms with E-state index in [1.54, 1.807) is 0 Å². The van der Waals surface area contributed by atoms with Gasteiger partial charge in [-0.05, 0) is 37.9 Å². The molecule has 4 N–H and O–H groups in total. The summed E-state index contributed by atoms with van der Waals surface area (Å²) in [5.74, 6) is 0.560. The van der Waals surface area contributed by atoms with E-state index < -0.39 is 5.60 Å². The number of nitrogens with zero attached hydrogens (tertiary/aromatic N) is 2. The van der Waals surface area contributed by atoms with E-state index >= 15 is 0 Å². The minimum absolute atomic E-state index is 0.333. The first-order valence-electron chi connectivity index (χ1n) is 9.68. The van der Waals surface area contributed by atoms with Crippen LogP contribution in [0.5, 0.6) is 0 Å². The van der Waals surface area contributed by atoms with Gasteiger partial charge in [0.1, 0.15) is 0 Å². The Morgan fingerprint density at radius 1 is 1.30 bits per heavy atom. The number of hydrogen-bond donors (Lipinski definition) is 4. The molecule has 2 fully saturated rings. The average molecular weight is 369 g/mol. The summed E-state index contributed by atoms with van der Waals surface area (Å²) in [5.41, 5.74) is 0.861. The summed E-state index contributed by atoms with van der Waals surface area (Å²) < 4.78 is 0. The van der Waals surface area contributed by atoms with Crippen molar-refractivity contribution in [1.29, 1.82) is 0 Å². The SMILES string of the molecule is O=C(Nc1cc(C2CCNCC2)[nH]n1)C1(O)CCN(Cc2ccccc2)C1. The number of H-pyrrole nitrogens is 1. The van der Waals surface area contributed by atoms with Crippen molar-refractivity contribution in [2.24, 2.45) is 0 Å². The van der Waals surface area contributed by atoms with Crippen LogP contribution >= 0.6 is 0 Å². The van der Waals surface area contributed by atoms with Crippen LogP contribution in [-0.4, -0.2) is 57.9 Å². The van der Waals surface area contributed by atoms with Crippen LogP contribution in [0.15, 0.2) is 36.4 Å². The molecular weight excluding hydrogens is 342 g/mol. The van der Waals surface area contributed by atoms with Crippen molar-refractivity contribution in [3.8, 4) is 0 Å². The number of hydrogen-bond acceptors (Lipinski definition) is 5. The number of amides is 1. The van der Waals surface area contributed by atoms with E-state index in [9.17, 15) is 9.90 Å². The lowest BCUT2D eigenvalue weighted by Gasteiger charge is -2.22. The predicted molar refractivity (Wildman–Crippen MR) is 103 cm³/mol. The molecule has 2 aromatic rings. The summed E-state index contributed by atoms with van der Waals surface area (Å²) in [4.78, 5) is 14.8. The molecule has 4 rings (SSSR count). The van der Waals surface area contributed by atoms with Gasteiger partial charge in [-0.2, -0.15) is 5.10 Å². The molecule has 0 radical (unpaired) electrons. The highest BCUT2D eigenvalue weighted by Gasteiger charge is 2.43. The van der Waals surface area contributed by atoms with Crippen LogP contribution in [0, 0.1) is 0 Å². The monoisotopic (exact) mass is 369 g/mol. The predicted octanol–water partition coefficient (Wildman–Crippen LogP) is 1.45. The topological polar surface area (TPSA) is 93.3 Å². The van der Waals surface area contributed by atoms with E-state index in [0.29, 0.717) is 31.2 Å². The lowest BCUT2D eigenvalue weighted by molar-refractivity contribution is -0.132. The summed E-state index contributed by atoms with van der Waals surface area (Å²) >= 11 is 0. The van der Waals surface area contributed by atoms with Crippen molar-refractivity contribution >= 4 is 11.7 Å². The summed E-state index contributed by atoms with van der Waals surface area (Å²) in [6.45, 7) is 3.77. The van der Waals surface area contributed by atoms with Gasteiger partial charge in [0.25, 0.3) is 5.91 Å². The molecule has 3 heterocycles. The minimum Gasteiger partial charge on any atom is -0.379 e. The number of β-amino-alcohol motifs (C(OH)–C–C–N with tert-alkyl or cyclic N) is 1. The second-order valence-electron chi connectivity index (χ2n) is 7.66. The number of aromatic nitrogens is 2. The van der Waals surface area contributed by atoms with Gasteiger partial charge in [-0.25, -0.2) is 0 Å². The molecule has 1 aromatic carbocycles. The maximum atomic E-state index is 12.7. The third kappa shape index (κ3) is 4.21. The first kappa shape index (κ1) is 18.2. The summed E-state index contributed by atoms with van der Waals surface area (Å²) in [7, 11) is 0. The van der Waals surface area contributed by atoms with Gasteiger partial charge < -0.3 is 15.7 Å². The fourth-order valence-corrected chi connectivity index (χ4v) is 4.01. The molecule has 1 unspecified atom stereocenters. The molecule has 144 valence electrons. The van der Waals surface area contributed by atoms with Gasteiger partial charge in [0, 0.05) is 37.3 Å². The van der Waals surface area contributed by atoms with E-state index in [1.807, 2.05) is 24.3 Å². The molecule has 7 nitrogen and oxygen atoms in total. The minimum atomic E-state index is -1.37. The Morgan fingerprint density at radius 2 is 2.07 bits per heavy atom. The van der Waals surface area contributed by atoms with E-state index in [4.69, 9.17) is 0 Å². The first-order valence-corrected chi connectivity index (χ1v) is 9.68. The Labute approximate surface area is 159 Å². The van der Waals surface area contributed by atoms with Crippen molar-refractivity contribution in [2.45, 2.75) is 37.3 Å². The van der Waals surface area contributed by atoms with Crippen molar-refractivity contribution in [2.75, 3.05) is 31.5 Å². The van der Waals surface area contributed by atoms with E-state index in [0.717, 1.165) is 38.2 Å². The Hall–Kier alpha value is -2.22. The molecule has 0 spiro atoms. The Morgan fingerprint density at radius 3 is 2.85 bits per heavy atom. The molecule has 0 aliphatic carbocycles. The maximum absolute atomic E-state index is 12.7. The fourth-order valence-electron chi connectivity index (χ4n) is 4.01. The zero-order valence-electron chi connectivity index (χ0n) is 15.4. The molecule has 27 heavy (non-hydrogen) atoms. The van der Waals surface area contributed by atoms with E-state index in [-0.39, 0.29) is 5.91 Å². The van der Waals surface area contributed by atoms with Crippen LogP contribution in [0.3, 0.4) is 0 Å². The van der Waals surface area contributed by atoms with Gasteiger partial charge in [0.2, 0.25) is 0 Å². The second kappa shape index (κ2) is 7.80. The smallest absolute Gasteiger partial charge is 0.258 e. The summed E-state index contributed by atoms with van der Waals surface area (Å²) in [5, 5.41) is 24.2. The van der Waals surface area contributed by atoms with Crippen LogP contribution in [0.25, 0.3) is 0 Å². The lowest BCUT2D eigenvalue weighted by Crippen LogP contribution is -2.45. The highest BCUT2D eigenvalue weighted by Crippen LogP contribution is 2.27. The van der Waals surface area contributed by atoms with Gasteiger partial charge in [-0.1, -0.05) is 30.3 Å². The van der Waals surface area contributed by atoms with Crippen molar-refractivity contribution in [1.82, 2.24) is 20.4 Å². The number of nitrogens with one attached hydrogen (secondary N) is 3. The maximum Gasteiger partial charge on any atom is 0.258 e. The van der Waals surface area contributed by atoms with Gasteiger partial charge in [-0.15, -0.1) is 0 Å². The van der Waals surface area contributed by atoms with Gasteiger partial charge in [0.15, 0.2) is 11.4 Å². The quantitative estimate of drug-likeness (QED) is 0.640. The Kier molecular flexibility index (Phi) is 5.24. The Balaban J connectivity index is 1.34. The number of likely N-dealkylation sites (tertiary alicyclic amines) is 1. The molecule has 1 aromatic heterocycles. The fraction of sp³-hybridized carbons (Fsp3) is 0.500. The molecule has 1 atom stereocenters. The molecule has 7 heteroatoms. The number of rotatable bonds is 5. The van der Waals surface area contributed by atoms with Crippen molar-refractivity contribution in [3.05, 3.63) is 47.7 Å². The van der Waals surface area contributed by atoms with Gasteiger partial charge >= 0.3 is 0 Å². The van der Waals surface area contributed by atoms with Crippen LogP contribution in [0.4, 0.5) is 5.82 Å². The highest BCUT2D eigenvalue weighted by atomic mass is 16.3. The van der Waals surface area contributed by atoms with Crippen LogP contribution < -0.4 is 10.6 Å². The molecule has 2 aliphatic heterocycles. The average Bonchev–Trinajstić information content (AvgIpc) is 3.31. The lowest BCUT2D eigenvalue weighted by atomic mass is 9.95. The number of carbonyl (C=O) groups excluding carboxylic acids is 1. The molecule has 0 saturated carbocycles. The van der Waals surface area contributed by atoms with Crippen molar-refractivity contribution < 1.29 is 9.90 Å². The molecule has 1 amide bonds. The summed E-state index contributed by atoms with van der Waals surface area (Å²) in [6.07, 6.45) is 2.55. The third-order valence-electron chi connectivity index (χ3n) is 5.62. The Bertz CT molecular complexity index is 772. The molecule has 0 bridgehead atoms. The van der Waals surface area contributed by atoms with E-state index in [2.05, 4.69) is 37.9 Å². The molecule has 2 aliphatic rings. The number of aliphatic hydroxyl groups is 1. The van der Waals surface area contributed by atoms with Gasteiger partial charge in [0.05, 0.1) is 0 Å². The second-order valence-corrected chi connectivity index (χ2v) is 7.66. The highest BCUT2D eigenvalue weighted by molar-refractivity contribution is 5.96. The van der Waals surface area contributed by atoms with Crippen LogP contribution in [0.1, 0.15) is 36.4 Å². The van der Waals surface area contributed by atoms with E-state index in [1.165, 1.54) is 5.56 Å². The van der Waals surface area contributed by atoms with Crippen molar-refractivity contribution in [3.63, 3.8) is 0 Å². The number of anilines is 1. The van der Waals surface area contributed by atoms with Crippen LogP contribution in [0.2, 0.25) is 0 Å². The standard InChI is InChI=1S/C20H27N5O2/c26-19(22-18-12-17(23-24-18)16-6-9-21-10-7-16)20(27)8-11-25(14-20)13-15-4-2-1-3-5-15/h1-5,12,16,21,27H,6-11,13-14H2,(H2,22,23,24,26). The zero-order valence-corrected chi connectivity index (χ0v) is 15.4. The largest absolute Gasteiger partial charge is 0.379 e. The number of carbonyl (C=O) groups is 1. The third-order valence-corrected chi connectivity index (χ3v) is 5.62. The normalized spacial score (nSPS) is 24.2. The molecule has 2 saturated heterocycles. The zero-order chi connectivity index (χ0) is 18.7. The van der Waals surface area contributed by atoms with Gasteiger partial charge in [-0.3, -0.25) is 14.8 Å². The number of piperidine rings is 1. The number of aromatic amines is 1. The van der Waals surface area contributed by atoms with Crippen LogP contribution in [-0.2, 0) is 11.3 Å². The number of benzene rings is 1. The molecular formula is C20H27N5O2. The summed E-state index contributed by atoms with van der Waals surface area (Å²) in [6, 6.07) is 12.0.